The molecule has 2 N–H and O–H groups in total. The molecule has 5 nitrogen and oxygen atoms in total. The van der Waals surface area contributed by atoms with Crippen LogP contribution in [0.2, 0.25) is 0 Å². The van der Waals surface area contributed by atoms with Gasteiger partial charge in [0.1, 0.15) is 0 Å². The van der Waals surface area contributed by atoms with Crippen molar-refractivity contribution in [1.82, 2.24) is 15.2 Å². The minimum atomic E-state index is 0. The van der Waals surface area contributed by atoms with Crippen molar-refractivity contribution in [2.45, 2.75) is 52.3 Å². The van der Waals surface area contributed by atoms with Gasteiger partial charge in [0.05, 0.1) is 12.6 Å². The van der Waals surface area contributed by atoms with Gasteiger partial charge in [-0.3, -0.25) is 4.99 Å². The third-order valence-corrected chi connectivity index (χ3v) is 5.26. The molecule has 2 heterocycles. The summed E-state index contributed by atoms with van der Waals surface area (Å²) in [5, 5.41) is 7.06. The normalized spacial score (nSPS) is 28.3. The van der Waals surface area contributed by atoms with Crippen molar-refractivity contribution in [2.75, 3.05) is 19.7 Å². The maximum atomic E-state index is 5.99. The molecule has 2 fully saturated rings. The minimum Gasteiger partial charge on any atom is -0.377 e. The maximum Gasteiger partial charge on any atom is 0.191 e. The topological polar surface area (TPSA) is 50.6 Å². The first-order valence-corrected chi connectivity index (χ1v) is 8.90. The van der Waals surface area contributed by atoms with E-state index in [4.69, 9.17) is 9.73 Å². The Morgan fingerprint density at radius 2 is 2.08 bits per heavy atom. The number of nitrogens with zero attached hydrogens (tertiary/aromatic N) is 2. The minimum absolute atomic E-state index is 0. The molecule has 0 radical (unpaired) electrons. The van der Waals surface area contributed by atoms with Crippen LogP contribution in [-0.2, 0) is 11.3 Å². The van der Waals surface area contributed by atoms with Crippen molar-refractivity contribution in [1.29, 1.82) is 0 Å². The van der Waals surface area contributed by atoms with E-state index in [9.17, 15) is 0 Å². The van der Waals surface area contributed by atoms with Crippen LogP contribution in [0.4, 0.5) is 0 Å². The fourth-order valence-corrected chi connectivity index (χ4v) is 4.08. The van der Waals surface area contributed by atoms with Crippen molar-refractivity contribution >= 4 is 29.9 Å². The van der Waals surface area contributed by atoms with Gasteiger partial charge in [-0.25, -0.2) is 0 Å². The number of hydrogen-bond donors (Lipinski definition) is 2. The van der Waals surface area contributed by atoms with Gasteiger partial charge in [0.25, 0.3) is 0 Å². The van der Waals surface area contributed by atoms with E-state index in [1.165, 1.54) is 12.8 Å². The van der Waals surface area contributed by atoms with Crippen LogP contribution in [0.5, 0.6) is 0 Å². The molecule has 3 unspecified atom stereocenters. The van der Waals surface area contributed by atoms with E-state index in [1.54, 1.807) is 0 Å². The third kappa shape index (κ3) is 4.07. The lowest BCUT2D eigenvalue weighted by molar-refractivity contribution is -0.188. The van der Waals surface area contributed by atoms with Crippen LogP contribution in [0.15, 0.2) is 29.5 Å². The highest BCUT2D eigenvalue weighted by atomic mass is 127. The second-order valence-corrected chi connectivity index (χ2v) is 7.22. The molecule has 0 spiro atoms. The van der Waals surface area contributed by atoms with Crippen molar-refractivity contribution in [3.63, 3.8) is 0 Å². The largest absolute Gasteiger partial charge is 0.377 e. The molecular weight excluding hydrogens is 415 g/mol. The molecular formula is C18H31IN4O. The molecule has 3 atom stereocenters. The summed E-state index contributed by atoms with van der Waals surface area (Å²) in [4.78, 5) is 4.75. The van der Waals surface area contributed by atoms with Crippen LogP contribution in [0.1, 0.15) is 33.6 Å². The summed E-state index contributed by atoms with van der Waals surface area (Å²) >= 11 is 0. The van der Waals surface area contributed by atoms with E-state index < -0.39 is 0 Å². The highest BCUT2D eigenvalue weighted by Gasteiger charge is 2.58. The van der Waals surface area contributed by atoms with E-state index in [1.807, 2.05) is 12.1 Å². The highest BCUT2D eigenvalue weighted by Crippen LogP contribution is 2.51. The number of aromatic nitrogens is 1. The quantitative estimate of drug-likeness (QED) is 0.416. The van der Waals surface area contributed by atoms with Crippen LogP contribution in [0.25, 0.3) is 0 Å². The van der Waals surface area contributed by atoms with Gasteiger partial charge in [-0.2, -0.15) is 0 Å². The number of hydrogen-bond acceptors (Lipinski definition) is 2. The van der Waals surface area contributed by atoms with E-state index in [0.717, 1.165) is 32.2 Å². The van der Waals surface area contributed by atoms with Crippen LogP contribution in [0.3, 0.4) is 0 Å². The Morgan fingerprint density at radius 3 is 2.79 bits per heavy atom. The summed E-state index contributed by atoms with van der Waals surface area (Å²) in [5.74, 6) is 1.55. The molecule has 1 aliphatic carbocycles. The summed E-state index contributed by atoms with van der Waals surface area (Å²) in [6, 6.07) is 4.54. The zero-order valence-electron chi connectivity index (χ0n) is 15.0. The Kier molecular flexibility index (Phi) is 6.98. The van der Waals surface area contributed by atoms with Gasteiger partial charge >= 0.3 is 0 Å². The molecule has 2 aliphatic rings. The number of nitrogens with one attached hydrogen (secondary N) is 2. The number of guanidine groups is 1. The molecule has 0 amide bonds. The lowest BCUT2D eigenvalue weighted by Crippen LogP contribution is -2.71. The van der Waals surface area contributed by atoms with Gasteiger partial charge in [0, 0.05) is 49.5 Å². The van der Waals surface area contributed by atoms with Gasteiger partial charge < -0.3 is 19.9 Å². The molecule has 6 heteroatoms. The Bertz CT molecular complexity index is 529. The number of halogens is 1. The molecule has 1 aromatic rings. The fraction of sp³-hybridized carbons (Fsp3) is 0.722. The van der Waals surface area contributed by atoms with Gasteiger partial charge in [-0.05, 0) is 31.9 Å². The van der Waals surface area contributed by atoms with Crippen molar-refractivity contribution in [3.05, 3.63) is 24.5 Å². The molecule has 0 bridgehead atoms. The van der Waals surface area contributed by atoms with E-state index in [0.29, 0.717) is 18.1 Å². The van der Waals surface area contributed by atoms with Crippen molar-refractivity contribution in [3.8, 4) is 0 Å². The Morgan fingerprint density at radius 1 is 1.33 bits per heavy atom. The number of ether oxygens (including phenoxy) is 1. The first-order chi connectivity index (χ1) is 11.1. The Labute approximate surface area is 162 Å². The van der Waals surface area contributed by atoms with E-state index in [2.05, 4.69) is 48.4 Å². The lowest BCUT2D eigenvalue weighted by Gasteiger charge is -2.60. The summed E-state index contributed by atoms with van der Waals surface area (Å²) in [6.07, 6.45) is 6.99. The molecule has 1 aliphatic heterocycles. The first-order valence-electron chi connectivity index (χ1n) is 8.90. The summed E-state index contributed by atoms with van der Waals surface area (Å²) in [6.45, 7) is 10.2. The second-order valence-electron chi connectivity index (χ2n) is 7.22. The predicted octanol–water partition coefficient (Wildman–Crippen LogP) is 2.86. The number of rotatable bonds is 5. The lowest BCUT2D eigenvalue weighted by atomic mass is 9.55. The zero-order valence-corrected chi connectivity index (χ0v) is 17.3. The predicted molar refractivity (Wildman–Crippen MR) is 109 cm³/mol. The van der Waals surface area contributed by atoms with Crippen molar-refractivity contribution in [2.24, 2.45) is 16.3 Å². The van der Waals surface area contributed by atoms with Crippen molar-refractivity contribution < 1.29 is 4.74 Å². The van der Waals surface area contributed by atoms with Gasteiger partial charge in [0.2, 0.25) is 0 Å². The standard InChI is InChI=1S/C18H30N4O.HI/c1-4-19-17(20-9-12-22-10-5-6-11-22)21-15-14-8-7-13-23-16(14)18(15,2)3;/h5-6,10-11,14-16H,4,7-9,12-13H2,1-3H3,(H2,19,20,21);1H. The summed E-state index contributed by atoms with van der Waals surface area (Å²) in [7, 11) is 0. The maximum absolute atomic E-state index is 5.99. The molecule has 1 saturated carbocycles. The molecule has 136 valence electrons. The number of aliphatic imine (C=N–C) groups is 1. The Balaban J connectivity index is 0.00000208. The zero-order chi connectivity index (χ0) is 16.3. The summed E-state index contributed by atoms with van der Waals surface area (Å²) < 4.78 is 8.15. The highest BCUT2D eigenvalue weighted by molar-refractivity contribution is 14.0. The van der Waals surface area contributed by atoms with Crippen LogP contribution >= 0.6 is 24.0 Å². The summed E-state index contributed by atoms with van der Waals surface area (Å²) in [5.41, 5.74) is 0.168. The molecule has 1 aromatic heterocycles. The van der Waals surface area contributed by atoms with E-state index >= 15 is 0 Å². The first kappa shape index (κ1) is 19.6. The molecule has 24 heavy (non-hydrogen) atoms. The van der Waals surface area contributed by atoms with Gasteiger partial charge in [0.15, 0.2) is 5.96 Å². The molecule has 3 rings (SSSR count). The van der Waals surface area contributed by atoms with Gasteiger partial charge in [-0.15, -0.1) is 24.0 Å². The van der Waals surface area contributed by atoms with Gasteiger partial charge in [-0.1, -0.05) is 13.8 Å². The van der Waals surface area contributed by atoms with Crippen LogP contribution in [0, 0.1) is 11.3 Å². The number of fused-ring (bicyclic) bond motifs is 1. The second kappa shape index (κ2) is 8.56. The smallest absolute Gasteiger partial charge is 0.191 e. The van der Waals surface area contributed by atoms with E-state index in [-0.39, 0.29) is 29.4 Å². The average Bonchev–Trinajstić information content (AvgIpc) is 3.06. The van der Waals surface area contributed by atoms with Crippen LogP contribution < -0.4 is 10.6 Å². The van der Waals surface area contributed by atoms with Crippen LogP contribution in [-0.4, -0.2) is 42.4 Å². The average molecular weight is 446 g/mol. The SMILES string of the molecule is CCNC(=NCCn1cccc1)NC1C2CCCOC2C1(C)C.I. The molecule has 1 saturated heterocycles. The monoisotopic (exact) mass is 446 g/mol. The Hall–Kier alpha value is -0.760. The molecule has 0 aromatic carbocycles. The third-order valence-electron chi connectivity index (χ3n) is 5.26. The fourth-order valence-electron chi connectivity index (χ4n) is 4.08.